The highest BCUT2D eigenvalue weighted by molar-refractivity contribution is 6.00. The second kappa shape index (κ2) is 13.7. The van der Waals surface area contributed by atoms with Crippen LogP contribution in [-0.4, -0.2) is 60.1 Å². The average Bonchev–Trinajstić information content (AvgIpc) is 3.02. The van der Waals surface area contributed by atoms with Crippen molar-refractivity contribution < 1.29 is 22.7 Å². The summed E-state index contributed by atoms with van der Waals surface area (Å²) in [5.74, 6) is -0.491. The number of aromatic nitrogens is 2. The van der Waals surface area contributed by atoms with E-state index in [1.807, 2.05) is 12.1 Å². The standard InChI is InChI=1S/C32H40F3N7O2/c1-20-8-7-11-24(30(43)36-2)28(20)40-29-25(32(33,34)35)19-37-31(41-29)39-26-13-12-22(18-27(26)44-3)38-21-14-16-42(17-15-21)23-9-5-4-6-10-23/h7-8,11-13,18-19,21,23,38H,4-6,9-10,14-17H2,1-3H3,(H,36,43)(H2,37,39,40,41). The SMILES string of the molecule is CNC(=O)c1cccc(C)c1Nc1nc(Nc2ccc(NC3CCN(C4CCCCC4)CC3)cc2OC)ncc1C(F)(F)F. The zero-order valence-electron chi connectivity index (χ0n) is 25.4. The largest absolute Gasteiger partial charge is 0.494 e. The summed E-state index contributed by atoms with van der Waals surface area (Å²) in [6, 6.07) is 11.5. The summed E-state index contributed by atoms with van der Waals surface area (Å²) < 4.78 is 47.5. The maximum atomic E-state index is 14.0. The van der Waals surface area contributed by atoms with Crippen LogP contribution < -0.4 is 26.0 Å². The zero-order chi connectivity index (χ0) is 31.3. The highest BCUT2D eigenvalue weighted by atomic mass is 19.4. The van der Waals surface area contributed by atoms with E-state index in [1.165, 1.54) is 52.3 Å². The maximum Gasteiger partial charge on any atom is 0.421 e. The predicted octanol–water partition coefficient (Wildman–Crippen LogP) is 6.87. The van der Waals surface area contributed by atoms with Gasteiger partial charge in [-0.15, -0.1) is 0 Å². The molecule has 2 heterocycles. The molecule has 0 spiro atoms. The molecule has 2 aromatic carbocycles. The Balaban J connectivity index is 1.32. The van der Waals surface area contributed by atoms with Crippen LogP contribution in [0.3, 0.4) is 0 Å². The number of nitrogens with one attached hydrogen (secondary N) is 4. The molecule has 9 nitrogen and oxygen atoms in total. The van der Waals surface area contributed by atoms with Crippen molar-refractivity contribution in [2.24, 2.45) is 0 Å². The number of amides is 1. The van der Waals surface area contributed by atoms with E-state index in [2.05, 4.69) is 36.1 Å². The predicted molar refractivity (Wildman–Crippen MR) is 166 cm³/mol. The molecule has 1 saturated heterocycles. The van der Waals surface area contributed by atoms with Gasteiger partial charge in [0.2, 0.25) is 5.95 Å². The molecule has 44 heavy (non-hydrogen) atoms. The van der Waals surface area contributed by atoms with Gasteiger partial charge in [-0.3, -0.25) is 4.79 Å². The van der Waals surface area contributed by atoms with Crippen LogP contribution in [0.5, 0.6) is 5.75 Å². The van der Waals surface area contributed by atoms with Gasteiger partial charge in [-0.2, -0.15) is 18.2 Å². The van der Waals surface area contributed by atoms with E-state index in [-0.39, 0.29) is 17.2 Å². The Labute approximate surface area is 256 Å². The summed E-state index contributed by atoms with van der Waals surface area (Å²) in [6.45, 7) is 3.88. The Morgan fingerprint density at radius 2 is 1.77 bits per heavy atom. The van der Waals surface area contributed by atoms with Crippen molar-refractivity contribution in [3.05, 3.63) is 59.3 Å². The minimum Gasteiger partial charge on any atom is -0.494 e. The van der Waals surface area contributed by atoms with Crippen LogP contribution in [0.15, 0.2) is 42.6 Å². The molecule has 236 valence electrons. The first-order chi connectivity index (χ1) is 21.2. The second-order valence-electron chi connectivity index (χ2n) is 11.4. The molecule has 0 unspecified atom stereocenters. The lowest BCUT2D eigenvalue weighted by Crippen LogP contribution is -2.45. The molecular formula is C32H40F3N7O2. The van der Waals surface area contributed by atoms with Gasteiger partial charge < -0.3 is 30.9 Å². The molecule has 1 amide bonds. The fourth-order valence-electron chi connectivity index (χ4n) is 6.12. The summed E-state index contributed by atoms with van der Waals surface area (Å²) in [4.78, 5) is 23.2. The molecule has 0 atom stereocenters. The van der Waals surface area contributed by atoms with Gasteiger partial charge >= 0.3 is 6.18 Å². The van der Waals surface area contributed by atoms with E-state index in [4.69, 9.17) is 4.74 Å². The molecule has 12 heteroatoms. The first-order valence-electron chi connectivity index (χ1n) is 15.1. The van der Waals surface area contributed by atoms with Gasteiger partial charge in [0, 0.05) is 50.2 Å². The number of halogens is 3. The molecule has 1 saturated carbocycles. The molecule has 3 aromatic rings. The van der Waals surface area contributed by atoms with Gasteiger partial charge in [0.1, 0.15) is 17.1 Å². The number of alkyl halides is 3. The van der Waals surface area contributed by atoms with Crippen LogP contribution in [-0.2, 0) is 6.18 Å². The van der Waals surface area contributed by atoms with Crippen LogP contribution in [0.4, 0.5) is 42.0 Å². The van der Waals surface area contributed by atoms with Crippen molar-refractivity contribution in [3.63, 3.8) is 0 Å². The molecule has 1 aliphatic carbocycles. The van der Waals surface area contributed by atoms with Gasteiger partial charge in [0.25, 0.3) is 5.91 Å². The number of rotatable bonds is 9. The van der Waals surface area contributed by atoms with Crippen LogP contribution in [0.25, 0.3) is 0 Å². The smallest absolute Gasteiger partial charge is 0.421 e. The Morgan fingerprint density at radius 3 is 2.45 bits per heavy atom. The Bertz CT molecular complexity index is 1450. The molecular weight excluding hydrogens is 571 g/mol. The van der Waals surface area contributed by atoms with E-state index >= 15 is 0 Å². The highest BCUT2D eigenvalue weighted by Crippen LogP contribution is 2.38. The minimum absolute atomic E-state index is 0.0651. The van der Waals surface area contributed by atoms with Crippen molar-refractivity contribution in [2.45, 2.75) is 70.1 Å². The molecule has 0 radical (unpaired) electrons. The molecule has 0 bridgehead atoms. The van der Waals surface area contributed by atoms with E-state index in [9.17, 15) is 18.0 Å². The van der Waals surface area contributed by atoms with Crippen LogP contribution in [0.2, 0.25) is 0 Å². The van der Waals surface area contributed by atoms with Crippen molar-refractivity contribution in [1.29, 1.82) is 0 Å². The van der Waals surface area contributed by atoms with E-state index < -0.39 is 23.5 Å². The average molecular weight is 612 g/mol. The number of aryl methyl sites for hydroxylation is 1. The third kappa shape index (κ3) is 7.35. The monoisotopic (exact) mass is 611 g/mol. The number of anilines is 5. The maximum absolute atomic E-state index is 14.0. The van der Waals surface area contributed by atoms with Gasteiger partial charge in [0.15, 0.2) is 0 Å². The van der Waals surface area contributed by atoms with Gasteiger partial charge in [0.05, 0.1) is 24.0 Å². The lowest BCUT2D eigenvalue weighted by molar-refractivity contribution is -0.137. The van der Waals surface area contributed by atoms with Crippen molar-refractivity contribution in [1.82, 2.24) is 20.2 Å². The van der Waals surface area contributed by atoms with Gasteiger partial charge in [-0.25, -0.2) is 4.98 Å². The van der Waals surface area contributed by atoms with Crippen LogP contribution >= 0.6 is 0 Å². The van der Waals surface area contributed by atoms with E-state index in [0.717, 1.165) is 43.9 Å². The minimum atomic E-state index is -4.73. The summed E-state index contributed by atoms with van der Waals surface area (Å²) in [6.07, 6.45) is 4.78. The Kier molecular flexibility index (Phi) is 9.77. The first kappa shape index (κ1) is 31.4. The van der Waals surface area contributed by atoms with E-state index in [1.54, 1.807) is 25.1 Å². The first-order valence-corrected chi connectivity index (χ1v) is 15.1. The number of methoxy groups -OCH3 is 1. The van der Waals surface area contributed by atoms with E-state index in [0.29, 0.717) is 23.0 Å². The number of ether oxygens (including phenoxy) is 1. The molecule has 2 fully saturated rings. The number of carbonyl (C=O) groups excluding carboxylic acids is 1. The molecule has 1 aliphatic heterocycles. The van der Waals surface area contributed by atoms with Crippen molar-refractivity contribution in [2.75, 3.05) is 43.2 Å². The number of piperidine rings is 1. The quantitative estimate of drug-likeness (QED) is 0.208. The number of hydrogen-bond acceptors (Lipinski definition) is 8. The van der Waals surface area contributed by atoms with Crippen molar-refractivity contribution >= 4 is 34.7 Å². The van der Waals surface area contributed by atoms with Crippen LogP contribution in [0.1, 0.15) is 66.4 Å². The lowest BCUT2D eigenvalue weighted by atomic mass is 9.92. The Hall–Kier alpha value is -4.06. The number of hydrogen-bond donors (Lipinski definition) is 4. The Morgan fingerprint density at radius 1 is 1.02 bits per heavy atom. The molecule has 5 rings (SSSR count). The van der Waals surface area contributed by atoms with Crippen LogP contribution in [0, 0.1) is 6.92 Å². The fourth-order valence-corrected chi connectivity index (χ4v) is 6.12. The molecule has 2 aliphatic rings. The number of likely N-dealkylation sites (tertiary alicyclic amines) is 1. The molecule has 1 aromatic heterocycles. The lowest BCUT2D eigenvalue weighted by Gasteiger charge is -2.39. The summed E-state index contributed by atoms with van der Waals surface area (Å²) >= 11 is 0. The topological polar surface area (TPSA) is 103 Å². The normalized spacial score (nSPS) is 16.8. The zero-order valence-corrected chi connectivity index (χ0v) is 25.4. The fraction of sp³-hybridized carbons (Fsp3) is 0.469. The second-order valence-corrected chi connectivity index (χ2v) is 11.4. The highest BCUT2D eigenvalue weighted by Gasteiger charge is 2.36. The number of nitrogens with zero attached hydrogens (tertiary/aromatic N) is 3. The van der Waals surface area contributed by atoms with Gasteiger partial charge in [-0.1, -0.05) is 31.4 Å². The molecule has 4 N–H and O–H groups in total. The number of carbonyl (C=O) groups is 1. The third-order valence-electron chi connectivity index (χ3n) is 8.52. The van der Waals surface area contributed by atoms with Gasteiger partial charge in [-0.05, 0) is 56.4 Å². The summed E-state index contributed by atoms with van der Waals surface area (Å²) in [5, 5.41) is 11.9. The van der Waals surface area contributed by atoms with Crippen molar-refractivity contribution in [3.8, 4) is 5.75 Å². The summed E-state index contributed by atoms with van der Waals surface area (Å²) in [5.41, 5.74) is 1.34. The summed E-state index contributed by atoms with van der Waals surface area (Å²) in [7, 11) is 2.99. The third-order valence-corrected chi connectivity index (χ3v) is 8.52. The number of para-hydroxylation sites is 1. The number of benzene rings is 2.